The Morgan fingerprint density at radius 3 is 2.67 bits per heavy atom. The van der Waals surface area contributed by atoms with Crippen molar-refractivity contribution in [2.45, 2.75) is 46.1 Å². The highest BCUT2D eigenvalue weighted by molar-refractivity contribution is 5.48. The van der Waals surface area contributed by atoms with Gasteiger partial charge in [-0.2, -0.15) is 0 Å². The molecule has 0 heterocycles. The van der Waals surface area contributed by atoms with E-state index in [1.807, 2.05) is 0 Å². The predicted molar refractivity (Wildman–Crippen MR) is 63.5 cm³/mol. The van der Waals surface area contributed by atoms with Crippen molar-refractivity contribution in [1.82, 2.24) is 5.32 Å². The smallest absolute Gasteiger partial charge is 0.207 e. The van der Waals surface area contributed by atoms with E-state index in [4.69, 9.17) is 0 Å². The fourth-order valence-corrected chi connectivity index (χ4v) is 1.89. The number of carbonyl (C=O) groups is 1. The van der Waals surface area contributed by atoms with Gasteiger partial charge in [-0.15, -0.1) is 0 Å². The fraction of sp³-hybridized carbons (Fsp3) is 0.615. The molecule has 0 fully saturated rings. The molecule has 0 spiro atoms. The molecule has 1 N–H and O–H groups in total. The standard InChI is InChI=1S/C13H21NO/c1-13(2,3)9-12(14-10-15)11-7-5-4-6-8-11/h4-5,8,10,12H,6-7,9H2,1-3H3,(H,14,15). The van der Waals surface area contributed by atoms with Crippen LogP contribution in [-0.2, 0) is 4.79 Å². The summed E-state index contributed by atoms with van der Waals surface area (Å²) < 4.78 is 0. The molecule has 1 rings (SSSR count). The number of carbonyl (C=O) groups excluding carboxylic acids is 1. The minimum Gasteiger partial charge on any atom is -0.352 e. The molecule has 15 heavy (non-hydrogen) atoms. The van der Waals surface area contributed by atoms with Gasteiger partial charge in [0.25, 0.3) is 0 Å². The Hall–Kier alpha value is -1.05. The number of hydrogen-bond acceptors (Lipinski definition) is 1. The minimum atomic E-state index is 0.201. The lowest BCUT2D eigenvalue weighted by Crippen LogP contribution is -2.34. The van der Waals surface area contributed by atoms with E-state index >= 15 is 0 Å². The van der Waals surface area contributed by atoms with Crippen molar-refractivity contribution in [2.75, 3.05) is 0 Å². The van der Waals surface area contributed by atoms with Gasteiger partial charge in [0, 0.05) is 0 Å². The van der Waals surface area contributed by atoms with E-state index in [-0.39, 0.29) is 11.5 Å². The van der Waals surface area contributed by atoms with Gasteiger partial charge in [0.05, 0.1) is 6.04 Å². The van der Waals surface area contributed by atoms with E-state index in [9.17, 15) is 4.79 Å². The second-order valence-corrected chi connectivity index (χ2v) is 5.29. The molecule has 0 aromatic carbocycles. The number of allylic oxidation sites excluding steroid dienone is 3. The average Bonchev–Trinajstić information content (AvgIpc) is 2.17. The van der Waals surface area contributed by atoms with Crippen LogP contribution in [0.5, 0.6) is 0 Å². The van der Waals surface area contributed by atoms with Crippen LogP contribution in [-0.4, -0.2) is 12.5 Å². The maximum atomic E-state index is 10.6. The highest BCUT2D eigenvalue weighted by Gasteiger charge is 2.21. The van der Waals surface area contributed by atoms with Crippen molar-refractivity contribution in [3.8, 4) is 0 Å². The van der Waals surface area contributed by atoms with Gasteiger partial charge >= 0.3 is 0 Å². The Labute approximate surface area is 92.4 Å². The molecule has 0 radical (unpaired) electrons. The van der Waals surface area contributed by atoms with Gasteiger partial charge in [0.1, 0.15) is 0 Å². The zero-order valence-corrected chi connectivity index (χ0v) is 9.92. The first-order chi connectivity index (χ1) is 7.03. The van der Waals surface area contributed by atoms with Crippen LogP contribution >= 0.6 is 0 Å². The molecule has 0 aromatic heterocycles. The van der Waals surface area contributed by atoms with Gasteiger partial charge in [0.15, 0.2) is 0 Å². The van der Waals surface area contributed by atoms with Crippen LogP contribution in [0.25, 0.3) is 0 Å². The number of nitrogens with one attached hydrogen (secondary N) is 1. The van der Waals surface area contributed by atoms with E-state index in [1.54, 1.807) is 0 Å². The van der Waals surface area contributed by atoms with Crippen LogP contribution < -0.4 is 5.32 Å². The summed E-state index contributed by atoms with van der Waals surface area (Å²) in [6.07, 6.45) is 10.3. The number of hydrogen-bond donors (Lipinski definition) is 1. The molecular formula is C13H21NO. The summed E-state index contributed by atoms with van der Waals surface area (Å²) >= 11 is 0. The summed E-state index contributed by atoms with van der Waals surface area (Å²) in [4.78, 5) is 10.6. The van der Waals surface area contributed by atoms with Crippen LogP contribution in [0.4, 0.5) is 0 Å². The molecule has 1 aliphatic carbocycles. The molecule has 84 valence electrons. The molecule has 1 unspecified atom stereocenters. The molecule has 0 aromatic rings. The second-order valence-electron chi connectivity index (χ2n) is 5.29. The largest absolute Gasteiger partial charge is 0.352 e. The Morgan fingerprint density at radius 1 is 1.47 bits per heavy atom. The van der Waals surface area contributed by atoms with Crippen LogP contribution in [0.15, 0.2) is 23.8 Å². The lowest BCUT2D eigenvalue weighted by molar-refractivity contribution is -0.110. The molecule has 1 aliphatic rings. The van der Waals surface area contributed by atoms with E-state index in [0.717, 1.165) is 25.7 Å². The lowest BCUT2D eigenvalue weighted by Gasteiger charge is -2.28. The zero-order valence-electron chi connectivity index (χ0n) is 9.92. The second kappa shape index (κ2) is 5.15. The van der Waals surface area contributed by atoms with Crippen LogP contribution in [0.3, 0.4) is 0 Å². The Kier molecular flexibility index (Phi) is 4.13. The van der Waals surface area contributed by atoms with Crippen LogP contribution in [0.1, 0.15) is 40.0 Å². The topological polar surface area (TPSA) is 29.1 Å². The molecule has 2 heteroatoms. The van der Waals surface area contributed by atoms with Crippen molar-refractivity contribution in [1.29, 1.82) is 0 Å². The van der Waals surface area contributed by atoms with E-state index < -0.39 is 0 Å². The van der Waals surface area contributed by atoms with Gasteiger partial charge in [-0.05, 0) is 30.3 Å². The first-order valence-corrected chi connectivity index (χ1v) is 5.56. The molecule has 1 atom stereocenters. The SMILES string of the molecule is CC(C)(C)CC(NC=O)C1=CCC=CC1. The highest BCUT2D eigenvalue weighted by atomic mass is 16.1. The van der Waals surface area contributed by atoms with Crippen molar-refractivity contribution < 1.29 is 4.79 Å². The minimum absolute atomic E-state index is 0.201. The van der Waals surface area contributed by atoms with Crippen LogP contribution in [0.2, 0.25) is 0 Å². The molecule has 0 aliphatic heterocycles. The van der Waals surface area contributed by atoms with Gasteiger partial charge < -0.3 is 5.32 Å². The quantitative estimate of drug-likeness (QED) is 0.557. The summed E-state index contributed by atoms with van der Waals surface area (Å²) in [7, 11) is 0. The molecule has 0 bridgehead atoms. The summed E-state index contributed by atoms with van der Waals surface area (Å²) in [5.41, 5.74) is 1.59. The molecule has 2 nitrogen and oxygen atoms in total. The predicted octanol–water partition coefficient (Wildman–Crippen LogP) is 2.81. The Morgan fingerprint density at radius 2 is 2.20 bits per heavy atom. The van der Waals surface area contributed by atoms with Crippen molar-refractivity contribution >= 4 is 6.41 Å². The van der Waals surface area contributed by atoms with Crippen LogP contribution in [0, 0.1) is 5.41 Å². The maximum absolute atomic E-state index is 10.6. The summed E-state index contributed by atoms with van der Waals surface area (Å²) in [5.74, 6) is 0. The van der Waals surface area contributed by atoms with Gasteiger partial charge in [-0.1, -0.05) is 39.0 Å². The Balaban J connectivity index is 2.64. The van der Waals surface area contributed by atoms with Crippen molar-refractivity contribution in [3.63, 3.8) is 0 Å². The van der Waals surface area contributed by atoms with Gasteiger partial charge in [0.2, 0.25) is 6.41 Å². The monoisotopic (exact) mass is 207 g/mol. The third-order valence-electron chi connectivity index (χ3n) is 2.57. The van der Waals surface area contributed by atoms with E-state index in [1.165, 1.54) is 5.57 Å². The van der Waals surface area contributed by atoms with Gasteiger partial charge in [-0.25, -0.2) is 0 Å². The van der Waals surface area contributed by atoms with Crippen molar-refractivity contribution in [3.05, 3.63) is 23.8 Å². The first-order valence-electron chi connectivity index (χ1n) is 5.56. The summed E-state index contributed by atoms with van der Waals surface area (Å²) in [6, 6.07) is 0.201. The molecule has 0 saturated carbocycles. The highest BCUT2D eigenvalue weighted by Crippen LogP contribution is 2.26. The normalized spacial score (nSPS) is 18.2. The lowest BCUT2D eigenvalue weighted by atomic mass is 9.83. The van der Waals surface area contributed by atoms with E-state index in [0.29, 0.717) is 0 Å². The summed E-state index contributed by atoms with van der Waals surface area (Å²) in [6.45, 7) is 6.60. The van der Waals surface area contributed by atoms with Gasteiger partial charge in [-0.3, -0.25) is 4.79 Å². The van der Waals surface area contributed by atoms with E-state index in [2.05, 4.69) is 44.3 Å². The molecule has 0 saturated heterocycles. The van der Waals surface area contributed by atoms with Crippen molar-refractivity contribution in [2.24, 2.45) is 5.41 Å². The molecular weight excluding hydrogens is 186 g/mol. The summed E-state index contributed by atoms with van der Waals surface area (Å²) in [5, 5.41) is 2.93. The fourth-order valence-electron chi connectivity index (χ4n) is 1.89. The third kappa shape index (κ3) is 4.32. The third-order valence-corrected chi connectivity index (χ3v) is 2.57. The number of rotatable bonds is 4. The Bertz CT molecular complexity index is 271. The molecule has 1 amide bonds. The average molecular weight is 207 g/mol. The zero-order chi connectivity index (χ0) is 11.3. The first kappa shape index (κ1) is 12.0. The number of amides is 1. The maximum Gasteiger partial charge on any atom is 0.207 e.